The van der Waals surface area contributed by atoms with Crippen molar-refractivity contribution in [3.8, 4) is 0 Å². The molecule has 0 amide bonds. The predicted molar refractivity (Wildman–Crippen MR) is 93.9 cm³/mol. The first-order valence-electron chi connectivity index (χ1n) is 8.13. The molecule has 0 spiro atoms. The van der Waals surface area contributed by atoms with Gasteiger partial charge in [-0.05, 0) is 56.0 Å². The second-order valence-corrected chi connectivity index (χ2v) is 6.28. The Morgan fingerprint density at radius 3 is 2.25 bits per heavy atom. The number of nitrogens with zero attached hydrogens (tertiary/aromatic N) is 2. The Hall–Kier alpha value is -2.69. The van der Waals surface area contributed by atoms with Crippen LogP contribution in [-0.4, -0.2) is 23.8 Å². The van der Waals surface area contributed by atoms with Gasteiger partial charge in [0.1, 0.15) is 5.69 Å². The minimum Gasteiger partial charge on any atom is -0.366 e. The zero-order chi connectivity index (χ0) is 17.3. The Bertz CT molecular complexity index is 808. The third kappa shape index (κ3) is 3.02. The predicted octanol–water partition coefficient (Wildman–Crippen LogP) is 4.04. The normalized spacial score (nSPS) is 14.0. The first kappa shape index (κ1) is 16.2. The van der Waals surface area contributed by atoms with Crippen LogP contribution in [0.3, 0.4) is 0 Å². The molecule has 0 radical (unpaired) electrons. The monoisotopic (exact) mass is 324 g/mol. The molecule has 1 heterocycles. The fourth-order valence-electron chi connectivity index (χ4n) is 3.09. The molecule has 0 N–H and O–H groups in total. The maximum atomic E-state index is 12.7. The number of benzene rings is 2. The number of carbonyl (C=O) groups excluding carboxylic acids is 1. The molecule has 0 atom stereocenters. The van der Waals surface area contributed by atoms with E-state index in [1.807, 2.05) is 30.9 Å². The Balaban J connectivity index is 1.98. The van der Waals surface area contributed by atoms with E-state index in [4.69, 9.17) is 0 Å². The van der Waals surface area contributed by atoms with Crippen molar-refractivity contribution in [2.24, 2.45) is 0 Å². The highest BCUT2D eigenvalue weighted by Crippen LogP contribution is 2.32. The number of aryl methyl sites for hydroxylation is 2. The van der Waals surface area contributed by atoms with Crippen LogP contribution < -0.4 is 4.90 Å². The van der Waals surface area contributed by atoms with Gasteiger partial charge in [0.25, 0.3) is 5.69 Å². The van der Waals surface area contributed by atoms with Crippen molar-refractivity contribution >= 4 is 17.2 Å². The quantitative estimate of drug-likeness (QED) is 0.484. The molecule has 0 aromatic heterocycles. The van der Waals surface area contributed by atoms with Crippen LogP contribution in [0.5, 0.6) is 0 Å². The lowest BCUT2D eigenvalue weighted by Crippen LogP contribution is -2.19. The summed E-state index contributed by atoms with van der Waals surface area (Å²) in [5, 5.41) is 11.5. The smallest absolute Gasteiger partial charge is 0.293 e. The summed E-state index contributed by atoms with van der Waals surface area (Å²) in [6, 6.07) is 10.3. The lowest BCUT2D eigenvalue weighted by molar-refractivity contribution is -0.384. The molecular weight excluding hydrogens is 304 g/mol. The molecule has 2 aromatic carbocycles. The van der Waals surface area contributed by atoms with Gasteiger partial charge in [-0.3, -0.25) is 14.9 Å². The van der Waals surface area contributed by atoms with Crippen LogP contribution in [0.2, 0.25) is 0 Å². The summed E-state index contributed by atoms with van der Waals surface area (Å²) >= 11 is 0. The minimum absolute atomic E-state index is 0.00610. The summed E-state index contributed by atoms with van der Waals surface area (Å²) in [6.07, 6.45) is 2.08. The third-order valence-corrected chi connectivity index (χ3v) is 4.65. The molecule has 2 aromatic rings. The summed E-state index contributed by atoms with van der Waals surface area (Å²) < 4.78 is 0. The number of rotatable bonds is 4. The van der Waals surface area contributed by atoms with Gasteiger partial charge in [0.2, 0.25) is 0 Å². The number of nitro groups is 1. The number of carbonyl (C=O) groups is 1. The van der Waals surface area contributed by atoms with Crippen LogP contribution >= 0.6 is 0 Å². The van der Waals surface area contributed by atoms with Crippen LogP contribution in [0.1, 0.15) is 39.9 Å². The molecule has 5 heteroatoms. The van der Waals surface area contributed by atoms with E-state index in [0.29, 0.717) is 16.8 Å². The van der Waals surface area contributed by atoms with Crippen molar-refractivity contribution in [3.63, 3.8) is 0 Å². The Morgan fingerprint density at radius 2 is 1.62 bits per heavy atom. The Labute approximate surface area is 141 Å². The van der Waals surface area contributed by atoms with Crippen molar-refractivity contribution in [2.45, 2.75) is 26.7 Å². The maximum Gasteiger partial charge on any atom is 0.293 e. The van der Waals surface area contributed by atoms with Gasteiger partial charge >= 0.3 is 0 Å². The van der Waals surface area contributed by atoms with E-state index < -0.39 is 4.92 Å². The molecule has 1 saturated heterocycles. The second-order valence-electron chi connectivity index (χ2n) is 6.28. The highest BCUT2D eigenvalue weighted by Gasteiger charge is 2.24. The summed E-state index contributed by atoms with van der Waals surface area (Å²) in [5.74, 6) is -0.186. The van der Waals surface area contributed by atoms with Crippen molar-refractivity contribution in [1.82, 2.24) is 0 Å². The van der Waals surface area contributed by atoms with E-state index >= 15 is 0 Å². The van der Waals surface area contributed by atoms with Gasteiger partial charge in [0.05, 0.1) is 4.92 Å². The molecule has 3 rings (SSSR count). The molecule has 1 fully saturated rings. The molecule has 1 aliphatic heterocycles. The fraction of sp³-hybridized carbons (Fsp3) is 0.316. The van der Waals surface area contributed by atoms with Crippen molar-refractivity contribution in [3.05, 3.63) is 68.8 Å². The van der Waals surface area contributed by atoms with Gasteiger partial charge in [-0.2, -0.15) is 0 Å². The average molecular weight is 324 g/mol. The fourth-order valence-corrected chi connectivity index (χ4v) is 3.09. The van der Waals surface area contributed by atoms with Gasteiger partial charge in [0, 0.05) is 30.3 Å². The van der Waals surface area contributed by atoms with Crippen LogP contribution in [0.25, 0.3) is 0 Å². The zero-order valence-corrected chi connectivity index (χ0v) is 13.9. The van der Waals surface area contributed by atoms with E-state index in [1.165, 1.54) is 6.07 Å². The maximum absolute atomic E-state index is 12.7. The van der Waals surface area contributed by atoms with E-state index in [0.717, 1.165) is 37.1 Å². The Morgan fingerprint density at radius 1 is 1.00 bits per heavy atom. The van der Waals surface area contributed by atoms with Crippen LogP contribution in [0.15, 0.2) is 36.4 Å². The third-order valence-electron chi connectivity index (χ3n) is 4.65. The number of anilines is 1. The molecule has 0 unspecified atom stereocenters. The summed E-state index contributed by atoms with van der Waals surface area (Å²) in [7, 11) is 0. The van der Waals surface area contributed by atoms with Gasteiger partial charge in [-0.25, -0.2) is 0 Å². The topological polar surface area (TPSA) is 63.5 Å². The summed E-state index contributed by atoms with van der Waals surface area (Å²) in [5.41, 5.74) is 3.67. The van der Waals surface area contributed by atoms with Gasteiger partial charge in [-0.15, -0.1) is 0 Å². The Kier molecular flexibility index (Phi) is 4.34. The molecule has 0 saturated carbocycles. The van der Waals surface area contributed by atoms with E-state index in [-0.39, 0.29) is 11.5 Å². The lowest BCUT2D eigenvalue weighted by Gasteiger charge is -2.17. The zero-order valence-electron chi connectivity index (χ0n) is 13.9. The van der Waals surface area contributed by atoms with Crippen molar-refractivity contribution in [1.29, 1.82) is 0 Å². The van der Waals surface area contributed by atoms with Crippen LogP contribution in [0, 0.1) is 24.0 Å². The SMILES string of the molecule is Cc1ccc(C(=O)c2ccc(N3CCCC3)c([N+](=O)[O-])c2)cc1C. The van der Waals surface area contributed by atoms with Gasteiger partial charge in [0.15, 0.2) is 5.78 Å². The van der Waals surface area contributed by atoms with Gasteiger partial charge in [-0.1, -0.05) is 12.1 Å². The number of hydrogen-bond acceptors (Lipinski definition) is 4. The molecular formula is C19H20N2O3. The van der Waals surface area contributed by atoms with Crippen molar-refractivity contribution in [2.75, 3.05) is 18.0 Å². The first-order valence-corrected chi connectivity index (χ1v) is 8.13. The summed E-state index contributed by atoms with van der Waals surface area (Å²) in [4.78, 5) is 25.8. The lowest BCUT2D eigenvalue weighted by atomic mass is 9.98. The molecule has 24 heavy (non-hydrogen) atoms. The average Bonchev–Trinajstić information content (AvgIpc) is 3.10. The van der Waals surface area contributed by atoms with Gasteiger partial charge < -0.3 is 4.90 Å². The summed E-state index contributed by atoms with van der Waals surface area (Å²) in [6.45, 7) is 5.58. The van der Waals surface area contributed by atoms with E-state index in [1.54, 1.807) is 18.2 Å². The minimum atomic E-state index is -0.398. The molecule has 1 aliphatic rings. The van der Waals surface area contributed by atoms with Crippen LogP contribution in [0.4, 0.5) is 11.4 Å². The number of hydrogen-bond donors (Lipinski definition) is 0. The molecule has 124 valence electrons. The molecule has 5 nitrogen and oxygen atoms in total. The first-order chi connectivity index (χ1) is 11.5. The highest BCUT2D eigenvalue weighted by molar-refractivity contribution is 6.09. The second kappa shape index (κ2) is 6.43. The molecule has 0 bridgehead atoms. The standard InChI is InChI=1S/C19H20N2O3/c1-13-5-6-15(11-14(13)2)19(22)16-7-8-17(18(12-16)21(23)24)20-9-3-4-10-20/h5-8,11-12H,3-4,9-10H2,1-2H3. The highest BCUT2D eigenvalue weighted by atomic mass is 16.6. The van der Waals surface area contributed by atoms with E-state index in [2.05, 4.69) is 0 Å². The molecule has 0 aliphatic carbocycles. The number of ketones is 1. The van der Waals surface area contributed by atoms with Crippen LogP contribution in [-0.2, 0) is 0 Å². The van der Waals surface area contributed by atoms with E-state index in [9.17, 15) is 14.9 Å². The van der Waals surface area contributed by atoms with Crippen molar-refractivity contribution < 1.29 is 9.72 Å². The largest absolute Gasteiger partial charge is 0.366 e. The number of nitro benzene ring substituents is 1.